The molecule has 2 bridgehead atoms. The molecule has 2 aliphatic rings. The molecule has 1 heterocycles. The topological polar surface area (TPSA) is 94.9 Å². The third-order valence-electron chi connectivity index (χ3n) is 6.01. The highest BCUT2D eigenvalue weighted by atomic mass is 19.1. The molecule has 2 N–H and O–H groups in total. The van der Waals surface area contributed by atoms with E-state index in [1.54, 1.807) is 24.4 Å². The minimum atomic E-state index is -0.612. The Balaban J connectivity index is 1.50. The zero-order chi connectivity index (χ0) is 20.5. The standard InChI is InChI=1S/C22H21FN4O2/c23-17-11-15(13-24)10-16(12-17)19(28)26-21-5-3-6-22(14-21,8-7-21)27-20(29)18-4-1-2-9-25-18/h1-2,4,9-12H,3,5-8,14H2,(H,26,28)(H,27,29)/t21-,22-/m1/s1. The molecule has 2 amide bonds. The number of nitrogens with one attached hydrogen (secondary N) is 2. The number of pyridine rings is 1. The lowest BCUT2D eigenvalue weighted by Gasteiger charge is -2.40. The van der Waals surface area contributed by atoms with E-state index in [0.717, 1.165) is 44.2 Å². The van der Waals surface area contributed by atoms with Crippen LogP contribution < -0.4 is 10.6 Å². The number of rotatable bonds is 4. The van der Waals surface area contributed by atoms with Gasteiger partial charge in [0, 0.05) is 22.8 Å². The van der Waals surface area contributed by atoms with Crippen LogP contribution in [0, 0.1) is 17.1 Å². The molecule has 2 aromatic rings. The molecule has 0 unspecified atom stereocenters. The fraction of sp³-hybridized carbons (Fsp3) is 0.364. The lowest BCUT2D eigenvalue weighted by atomic mass is 9.78. The van der Waals surface area contributed by atoms with Crippen molar-refractivity contribution in [1.29, 1.82) is 5.26 Å². The summed E-state index contributed by atoms with van der Waals surface area (Å²) in [5.74, 6) is -1.22. The summed E-state index contributed by atoms with van der Waals surface area (Å²) in [5.41, 5.74) is -0.194. The van der Waals surface area contributed by atoms with Crippen LogP contribution >= 0.6 is 0 Å². The van der Waals surface area contributed by atoms with Gasteiger partial charge in [-0.3, -0.25) is 14.6 Å². The zero-order valence-electron chi connectivity index (χ0n) is 15.9. The first-order valence-electron chi connectivity index (χ1n) is 9.69. The second kappa shape index (κ2) is 7.28. The molecule has 2 aliphatic carbocycles. The Morgan fingerprint density at radius 1 is 1.03 bits per heavy atom. The average Bonchev–Trinajstić information content (AvgIpc) is 2.97. The van der Waals surface area contributed by atoms with Crippen LogP contribution in [0.25, 0.3) is 0 Å². The summed E-state index contributed by atoms with van der Waals surface area (Å²) in [5, 5.41) is 15.2. The predicted octanol–water partition coefficient (Wildman–Crippen LogP) is 3.10. The Labute approximate surface area is 168 Å². The van der Waals surface area contributed by atoms with E-state index in [9.17, 15) is 14.0 Å². The van der Waals surface area contributed by atoms with Gasteiger partial charge in [0.2, 0.25) is 0 Å². The third kappa shape index (κ3) is 3.83. The van der Waals surface area contributed by atoms with Gasteiger partial charge in [0.05, 0.1) is 11.6 Å². The average molecular weight is 392 g/mol. The molecule has 1 aromatic carbocycles. The summed E-state index contributed by atoms with van der Waals surface area (Å²) < 4.78 is 13.7. The summed E-state index contributed by atoms with van der Waals surface area (Å²) >= 11 is 0. The van der Waals surface area contributed by atoms with Crippen molar-refractivity contribution in [3.8, 4) is 6.07 Å². The SMILES string of the molecule is N#Cc1cc(F)cc(C(=O)N[C@]23CCC[C@@](NC(=O)c4ccccn4)(CC2)C3)c1. The molecule has 4 rings (SSSR count). The lowest BCUT2D eigenvalue weighted by Crippen LogP contribution is -2.55. The van der Waals surface area contributed by atoms with Crippen LogP contribution in [0.5, 0.6) is 0 Å². The van der Waals surface area contributed by atoms with Gasteiger partial charge in [-0.2, -0.15) is 5.26 Å². The summed E-state index contributed by atoms with van der Waals surface area (Å²) in [6, 6.07) is 10.7. The van der Waals surface area contributed by atoms with Crippen molar-refractivity contribution in [3.63, 3.8) is 0 Å². The monoisotopic (exact) mass is 392 g/mol. The molecule has 0 aliphatic heterocycles. The summed E-state index contributed by atoms with van der Waals surface area (Å²) in [6.45, 7) is 0. The molecular formula is C22H21FN4O2. The van der Waals surface area contributed by atoms with Crippen molar-refractivity contribution < 1.29 is 14.0 Å². The molecule has 0 saturated heterocycles. The molecule has 2 fully saturated rings. The predicted molar refractivity (Wildman–Crippen MR) is 103 cm³/mol. The normalized spacial score (nSPS) is 25.1. The van der Waals surface area contributed by atoms with Crippen LogP contribution in [0.2, 0.25) is 0 Å². The van der Waals surface area contributed by atoms with E-state index in [1.165, 1.54) is 6.07 Å². The maximum atomic E-state index is 13.7. The number of hydrogen-bond acceptors (Lipinski definition) is 4. The molecule has 1 aromatic heterocycles. The highest BCUT2D eigenvalue weighted by Crippen LogP contribution is 2.48. The number of fused-ring (bicyclic) bond motifs is 2. The molecule has 7 heteroatoms. The minimum absolute atomic E-state index is 0.111. The van der Waals surface area contributed by atoms with Gasteiger partial charge in [0.1, 0.15) is 11.5 Å². The zero-order valence-corrected chi connectivity index (χ0v) is 15.9. The quantitative estimate of drug-likeness (QED) is 0.836. The first-order chi connectivity index (χ1) is 13.9. The third-order valence-corrected chi connectivity index (χ3v) is 6.01. The molecule has 0 radical (unpaired) electrons. The Bertz CT molecular complexity index is 1000. The Hall–Kier alpha value is -3.27. The second-order valence-electron chi connectivity index (χ2n) is 8.05. The van der Waals surface area contributed by atoms with Crippen LogP contribution in [0.3, 0.4) is 0 Å². The van der Waals surface area contributed by atoms with Crippen LogP contribution in [0.1, 0.15) is 64.9 Å². The molecule has 0 spiro atoms. The first-order valence-corrected chi connectivity index (χ1v) is 9.69. The smallest absolute Gasteiger partial charge is 0.270 e. The van der Waals surface area contributed by atoms with Gasteiger partial charge in [-0.25, -0.2) is 4.39 Å². The number of aromatic nitrogens is 1. The van der Waals surface area contributed by atoms with Crippen molar-refractivity contribution in [1.82, 2.24) is 15.6 Å². The number of amides is 2. The largest absolute Gasteiger partial charge is 0.347 e. The molecule has 29 heavy (non-hydrogen) atoms. The van der Waals surface area contributed by atoms with Crippen LogP contribution in [0.15, 0.2) is 42.6 Å². The number of nitriles is 1. The molecule has 148 valence electrons. The van der Waals surface area contributed by atoms with Crippen molar-refractivity contribution in [3.05, 3.63) is 65.2 Å². The first kappa shape index (κ1) is 19.1. The van der Waals surface area contributed by atoms with E-state index in [1.807, 2.05) is 6.07 Å². The van der Waals surface area contributed by atoms with E-state index in [4.69, 9.17) is 5.26 Å². The van der Waals surface area contributed by atoms with Gasteiger partial charge in [0.15, 0.2) is 0 Å². The van der Waals surface area contributed by atoms with Gasteiger partial charge in [-0.1, -0.05) is 6.07 Å². The van der Waals surface area contributed by atoms with Crippen LogP contribution in [-0.4, -0.2) is 27.9 Å². The number of carbonyl (C=O) groups excluding carboxylic acids is 2. The van der Waals surface area contributed by atoms with E-state index < -0.39 is 17.3 Å². The fourth-order valence-corrected chi connectivity index (χ4v) is 4.73. The van der Waals surface area contributed by atoms with Crippen molar-refractivity contribution in [2.24, 2.45) is 0 Å². The molecule has 6 nitrogen and oxygen atoms in total. The number of hydrogen-bond donors (Lipinski definition) is 2. The molecule has 2 saturated carbocycles. The number of nitrogens with zero attached hydrogens (tertiary/aromatic N) is 2. The van der Waals surface area contributed by atoms with E-state index in [0.29, 0.717) is 12.1 Å². The summed E-state index contributed by atoms with van der Waals surface area (Å²) in [7, 11) is 0. The van der Waals surface area contributed by atoms with Gasteiger partial charge in [-0.05, 0) is 68.9 Å². The van der Waals surface area contributed by atoms with E-state index >= 15 is 0 Å². The van der Waals surface area contributed by atoms with E-state index in [2.05, 4.69) is 15.6 Å². The van der Waals surface area contributed by atoms with E-state index in [-0.39, 0.29) is 22.6 Å². The van der Waals surface area contributed by atoms with Gasteiger partial charge < -0.3 is 10.6 Å². The Kier molecular flexibility index (Phi) is 4.79. The maximum absolute atomic E-state index is 13.7. The Morgan fingerprint density at radius 2 is 1.76 bits per heavy atom. The number of carbonyl (C=O) groups is 2. The van der Waals surface area contributed by atoms with Crippen molar-refractivity contribution in [2.45, 2.75) is 49.6 Å². The lowest BCUT2D eigenvalue weighted by molar-refractivity contribution is 0.0829. The molecular weight excluding hydrogens is 371 g/mol. The van der Waals surface area contributed by atoms with Crippen LogP contribution in [-0.2, 0) is 0 Å². The van der Waals surface area contributed by atoms with Crippen molar-refractivity contribution >= 4 is 11.8 Å². The maximum Gasteiger partial charge on any atom is 0.270 e. The van der Waals surface area contributed by atoms with Gasteiger partial charge in [-0.15, -0.1) is 0 Å². The second-order valence-corrected chi connectivity index (χ2v) is 8.05. The van der Waals surface area contributed by atoms with Crippen LogP contribution in [0.4, 0.5) is 4.39 Å². The Morgan fingerprint density at radius 3 is 2.41 bits per heavy atom. The van der Waals surface area contributed by atoms with Gasteiger partial charge in [0.25, 0.3) is 11.8 Å². The number of benzene rings is 1. The highest BCUT2D eigenvalue weighted by molar-refractivity contribution is 5.95. The number of halogens is 1. The van der Waals surface area contributed by atoms with Gasteiger partial charge >= 0.3 is 0 Å². The summed E-state index contributed by atoms with van der Waals surface area (Å²) in [6.07, 6.45) is 6.24. The minimum Gasteiger partial charge on any atom is -0.347 e. The fourth-order valence-electron chi connectivity index (χ4n) is 4.73. The van der Waals surface area contributed by atoms with Crippen molar-refractivity contribution in [2.75, 3.05) is 0 Å². The summed E-state index contributed by atoms with van der Waals surface area (Å²) in [4.78, 5) is 29.5. The molecule has 2 atom stereocenters. The highest BCUT2D eigenvalue weighted by Gasteiger charge is 2.52.